The van der Waals surface area contributed by atoms with Gasteiger partial charge in [0.2, 0.25) is 0 Å². The third kappa shape index (κ3) is 8.01. The van der Waals surface area contributed by atoms with Crippen molar-refractivity contribution < 1.29 is 20.1 Å². The molecule has 0 bridgehead atoms. The van der Waals surface area contributed by atoms with E-state index in [1.54, 1.807) is 12.1 Å². The number of aliphatic hydroxyl groups excluding tert-OH is 1. The van der Waals surface area contributed by atoms with E-state index in [-0.39, 0.29) is 0 Å². The zero-order valence-electron chi connectivity index (χ0n) is 17.3. The number of hydrogen-bond acceptors (Lipinski definition) is 4. The molecule has 1 unspecified atom stereocenters. The molecule has 2 rings (SSSR count). The van der Waals surface area contributed by atoms with E-state index in [1.165, 1.54) is 5.56 Å². The third-order valence-corrected chi connectivity index (χ3v) is 5.04. The SMILES string of the molecule is CC(CCCCCC(C)(C)O)c1cccc(OCc2ccc(C(O)O)cc2)c1. The Bertz CT molecular complexity index is 701. The van der Waals surface area contributed by atoms with Crippen LogP contribution in [-0.2, 0) is 6.61 Å². The van der Waals surface area contributed by atoms with Crippen LogP contribution in [0.5, 0.6) is 5.75 Å². The lowest BCUT2D eigenvalue weighted by Gasteiger charge is -2.17. The molecule has 0 aromatic heterocycles. The van der Waals surface area contributed by atoms with Crippen molar-refractivity contribution in [3.63, 3.8) is 0 Å². The molecule has 2 aromatic carbocycles. The maximum Gasteiger partial charge on any atom is 0.178 e. The van der Waals surface area contributed by atoms with Crippen LogP contribution in [0.2, 0.25) is 0 Å². The maximum absolute atomic E-state index is 9.77. The van der Waals surface area contributed by atoms with Gasteiger partial charge in [0.15, 0.2) is 6.29 Å². The van der Waals surface area contributed by atoms with Gasteiger partial charge in [-0.15, -0.1) is 0 Å². The Balaban J connectivity index is 1.80. The van der Waals surface area contributed by atoms with Gasteiger partial charge in [-0.3, -0.25) is 0 Å². The van der Waals surface area contributed by atoms with Crippen molar-refractivity contribution in [2.45, 2.75) is 77.3 Å². The fourth-order valence-corrected chi connectivity index (χ4v) is 3.22. The summed E-state index contributed by atoms with van der Waals surface area (Å²) in [6.07, 6.45) is 3.90. The number of rotatable bonds is 11. The summed E-state index contributed by atoms with van der Waals surface area (Å²) in [7, 11) is 0. The predicted molar refractivity (Wildman–Crippen MR) is 112 cm³/mol. The second kappa shape index (κ2) is 10.6. The van der Waals surface area contributed by atoms with Gasteiger partial charge < -0.3 is 20.1 Å². The van der Waals surface area contributed by atoms with E-state index in [2.05, 4.69) is 19.1 Å². The highest BCUT2D eigenvalue weighted by atomic mass is 16.5. The van der Waals surface area contributed by atoms with Crippen LogP contribution in [0.25, 0.3) is 0 Å². The highest BCUT2D eigenvalue weighted by Gasteiger charge is 2.12. The molecule has 3 N–H and O–H groups in total. The molecule has 4 heteroatoms. The zero-order valence-corrected chi connectivity index (χ0v) is 17.3. The van der Waals surface area contributed by atoms with Crippen molar-refractivity contribution in [1.82, 2.24) is 0 Å². The predicted octanol–water partition coefficient (Wildman–Crippen LogP) is 5.07. The van der Waals surface area contributed by atoms with Crippen molar-refractivity contribution in [2.24, 2.45) is 0 Å². The minimum Gasteiger partial charge on any atom is -0.489 e. The van der Waals surface area contributed by atoms with Crippen LogP contribution in [0.4, 0.5) is 0 Å². The van der Waals surface area contributed by atoms with Gasteiger partial charge in [0.1, 0.15) is 12.4 Å². The first-order chi connectivity index (χ1) is 13.2. The van der Waals surface area contributed by atoms with Crippen LogP contribution in [-0.4, -0.2) is 20.9 Å². The van der Waals surface area contributed by atoms with Crippen LogP contribution in [0.3, 0.4) is 0 Å². The molecule has 2 aromatic rings. The molecule has 0 radical (unpaired) electrons. The van der Waals surface area contributed by atoms with E-state index in [9.17, 15) is 5.11 Å². The molecule has 0 heterocycles. The van der Waals surface area contributed by atoms with E-state index in [4.69, 9.17) is 14.9 Å². The van der Waals surface area contributed by atoms with E-state index in [0.717, 1.165) is 43.4 Å². The van der Waals surface area contributed by atoms with E-state index < -0.39 is 11.9 Å². The summed E-state index contributed by atoms with van der Waals surface area (Å²) in [5.74, 6) is 1.31. The standard InChI is InChI=1S/C24H34O4/c1-18(8-5-4-6-15-24(2,3)27)21-9-7-10-22(16-21)28-17-19-11-13-20(14-12-19)23(25)26/h7,9-14,16,18,23,25-27H,4-6,8,15,17H2,1-3H3. The monoisotopic (exact) mass is 386 g/mol. The van der Waals surface area contributed by atoms with Crippen molar-refractivity contribution >= 4 is 0 Å². The summed E-state index contributed by atoms with van der Waals surface area (Å²) < 4.78 is 5.91. The van der Waals surface area contributed by atoms with Gasteiger partial charge in [-0.1, -0.05) is 62.6 Å². The summed E-state index contributed by atoms with van der Waals surface area (Å²) in [4.78, 5) is 0. The summed E-state index contributed by atoms with van der Waals surface area (Å²) in [5, 5.41) is 28.1. The lowest BCUT2D eigenvalue weighted by Crippen LogP contribution is -2.17. The van der Waals surface area contributed by atoms with Gasteiger partial charge >= 0.3 is 0 Å². The van der Waals surface area contributed by atoms with Crippen LogP contribution in [0.1, 0.15) is 81.8 Å². The fourth-order valence-electron chi connectivity index (χ4n) is 3.22. The molecule has 4 nitrogen and oxygen atoms in total. The quantitative estimate of drug-likeness (QED) is 0.372. The molecule has 154 valence electrons. The molecule has 0 amide bonds. The zero-order chi connectivity index (χ0) is 20.6. The van der Waals surface area contributed by atoms with Crippen molar-refractivity contribution in [3.05, 3.63) is 65.2 Å². The molecule has 0 aliphatic carbocycles. The Morgan fingerprint density at radius 1 is 0.929 bits per heavy atom. The Labute approximate surface area is 168 Å². The van der Waals surface area contributed by atoms with Gasteiger partial charge in [-0.2, -0.15) is 0 Å². The average Bonchev–Trinajstić information content (AvgIpc) is 2.65. The van der Waals surface area contributed by atoms with Crippen molar-refractivity contribution in [2.75, 3.05) is 0 Å². The lowest BCUT2D eigenvalue weighted by atomic mass is 9.93. The van der Waals surface area contributed by atoms with E-state index in [1.807, 2.05) is 38.1 Å². The molecule has 0 saturated carbocycles. The first-order valence-electron chi connectivity index (χ1n) is 10.1. The molecule has 28 heavy (non-hydrogen) atoms. The Kier molecular flexibility index (Phi) is 8.49. The van der Waals surface area contributed by atoms with Crippen molar-refractivity contribution in [1.29, 1.82) is 0 Å². The summed E-state index contributed by atoms with van der Waals surface area (Å²) in [5.41, 5.74) is 2.17. The average molecular weight is 387 g/mol. The molecule has 1 atom stereocenters. The second-order valence-electron chi connectivity index (χ2n) is 8.29. The first-order valence-corrected chi connectivity index (χ1v) is 10.1. The Morgan fingerprint density at radius 3 is 2.29 bits per heavy atom. The van der Waals surface area contributed by atoms with Crippen LogP contribution in [0, 0.1) is 0 Å². The molecule has 0 spiro atoms. The number of hydrogen-bond donors (Lipinski definition) is 3. The topological polar surface area (TPSA) is 69.9 Å². The Morgan fingerprint density at radius 2 is 1.64 bits per heavy atom. The van der Waals surface area contributed by atoms with Crippen molar-refractivity contribution in [3.8, 4) is 5.75 Å². The lowest BCUT2D eigenvalue weighted by molar-refractivity contribution is -0.0425. The van der Waals surface area contributed by atoms with E-state index >= 15 is 0 Å². The molecule has 0 fully saturated rings. The van der Waals surface area contributed by atoms with Gasteiger partial charge in [-0.25, -0.2) is 0 Å². The summed E-state index contributed by atoms with van der Waals surface area (Å²) in [6, 6.07) is 15.3. The molecular weight excluding hydrogens is 352 g/mol. The highest BCUT2D eigenvalue weighted by molar-refractivity contribution is 5.31. The van der Waals surface area contributed by atoms with Crippen LogP contribution < -0.4 is 4.74 Å². The van der Waals surface area contributed by atoms with Gasteiger partial charge in [-0.05, 0) is 55.9 Å². The van der Waals surface area contributed by atoms with Crippen LogP contribution >= 0.6 is 0 Å². The summed E-state index contributed by atoms with van der Waals surface area (Å²) >= 11 is 0. The van der Waals surface area contributed by atoms with Gasteiger partial charge in [0.25, 0.3) is 0 Å². The molecule has 0 saturated heterocycles. The number of ether oxygens (including phenoxy) is 1. The van der Waals surface area contributed by atoms with Gasteiger partial charge in [0, 0.05) is 5.56 Å². The normalized spacial score (nSPS) is 13.0. The van der Waals surface area contributed by atoms with E-state index in [0.29, 0.717) is 18.1 Å². The minimum absolute atomic E-state index is 0.441. The molecular formula is C24H34O4. The number of aliphatic hydroxyl groups is 3. The number of benzene rings is 2. The molecule has 0 aliphatic heterocycles. The Hall–Kier alpha value is -1.88. The first kappa shape index (κ1) is 22.4. The highest BCUT2D eigenvalue weighted by Crippen LogP contribution is 2.26. The molecule has 0 aliphatic rings. The fraction of sp³-hybridized carbons (Fsp3) is 0.500. The minimum atomic E-state index is -1.44. The smallest absolute Gasteiger partial charge is 0.178 e. The third-order valence-electron chi connectivity index (χ3n) is 5.04. The summed E-state index contributed by atoms with van der Waals surface area (Å²) in [6.45, 7) is 6.42. The maximum atomic E-state index is 9.77. The number of unbranched alkanes of at least 4 members (excludes halogenated alkanes) is 2. The van der Waals surface area contributed by atoms with Gasteiger partial charge in [0.05, 0.1) is 5.60 Å². The second-order valence-corrected chi connectivity index (χ2v) is 8.29. The van der Waals surface area contributed by atoms with Crippen LogP contribution in [0.15, 0.2) is 48.5 Å². The largest absolute Gasteiger partial charge is 0.489 e.